The van der Waals surface area contributed by atoms with Crippen molar-refractivity contribution in [1.82, 2.24) is 4.90 Å². The first-order valence-electron chi connectivity index (χ1n) is 17.8. The van der Waals surface area contributed by atoms with E-state index in [4.69, 9.17) is 24.1 Å². The third-order valence-corrected chi connectivity index (χ3v) is 9.49. The van der Waals surface area contributed by atoms with E-state index >= 15 is 4.79 Å². The lowest BCUT2D eigenvalue weighted by Gasteiger charge is -2.41. The first-order valence-corrected chi connectivity index (χ1v) is 17.8. The van der Waals surface area contributed by atoms with Gasteiger partial charge in [-0.2, -0.15) is 0 Å². The Balaban J connectivity index is 1.32. The van der Waals surface area contributed by atoms with Crippen LogP contribution in [0.15, 0.2) is 66.7 Å². The van der Waals surface area contributed by atoms with Crippen molar-refractivity contribution < 1.29 is 43.2 Å². The monoisotopic (exact) mass is 713 g/mol. The number of piperidine rings is 1. The van der Waals surface area contributed by atoms with Gasteiger partial charge in [0.15, 0.2) is 13.2 Å². The standard InChI is InChI=1S/C40H47N3O9/c1-40(2,3)52-39(48)41-19-17-32(28-8-5-7-27(21-28)26-9-14-31(15-10-26)50-25-37(45)46)33(23-41)38(47)43(29-11-12-29)30-13-16-35-34(22-30)42(18-6-20-49-4)36(44)24-51-35/h5,7-10,13-16,21-22,29,32-33H,6,11-12,17-20,23-25H2,1-4H3,(H,45,46)/t32-,33+/m1/s1. The van der Waals surface area contributed by atoms with E-state index in [0.29, 0.717) is 55.4 Å². The maximum absolute atomic E-state index is 15.0. The van der Waals surface area contributed by atoms with Crippen LogP contribution in [0.1, 0.15) is 57.9 Å². The molecule has 3 aromatic carbocycles. The highest BCUT2D eigenvalue weighted by molar-refractivity contribution is 6.01. The summed E-state index contributed by atoms with van der Waals surface area (Å²) in [5, 5.41) is 8.95. The number of fused-ring (bicyclic) bond motifs is 1. The minimum Gasteiger partial charge on any atom is -0.482 e. The van der Waals surface area contributed by atoms with Crippen LogP contribution in [0.4, 0.5) is 16.2 Å². The Hall–Kier alpha value is -5.10. The molecule has 3 amide bonds. The lowest BCUT2D eigenvalue weighted by molar-refractivity contribution is -0.139. The van der Waals surface area contributed by atoms with Crippen LogP contribution in [-0.4, -0.2) is 92.1 Å². The van der Waals surface area contributed by atoms with Crippen LogP contribution in [0.25, 0.3) is 11.1 Å². The number of nitrogens with zero attached hydrogens (tertiary/aromatic N) is 3. The van der Waals surface area contributed by atoms with Gasteiger partial charge in [-0.15, -0.1) is 0 Å². The molecule has 0 radical (unpaired) electrons. The van der Waals surface area contributed by atoms with Crippen molar-refractivity contribution in [2.24, 2.45) is 5.92 Å². The zero-order valence-corrected chi connectivity index (χ0v) is 30.2. The van der Waals surface area contributed by atoms with Crippen molar-refractivity contribution >= 4 is 35.3 Å². The Morgan fingerprint density at radius 2 is 1.75 bits per heavy atom. The van der Waals surface area contributed by atoms with Crippen molar-refractivity contribution in [2.75, 3.05) is 56.4 Å². The van der Waals surface area contributed by atoms with Crippen LogP contribution in [0, 0.1) is 5.92 Å². The van der Waals surface area contributed by atoms with Crippen molar-refractivity contribution in [3.63, 3.8) is 0 Å². The molecule has 276 valence electrons. The summed E-state index contributed by atoms with van der Waals surface area (Å²) in [5.41, 5.74) is 3.47. The lowest BCUT2D eigenvalue weighted by Crippen LogP contribution is -2.51. The molecule has 2 heterocycles. The number of carboxylic acid groups (broad SMARTS) is 1. The van der Waals surface area contributed by atoms with E-state index < -0.39 is 30.2 Å². The van der Waals surface area contributed by atoms with Gasteiger partial charge in [0.1, 0.15) is 17.1 Å². The molecule has 2 atom stereocenters. The van der Waals surface area contributed by atoms with Crippen LogP contribution < -0.4 is 19.3 Å². The predicted octanol–water partition coefficient (Wildman–Crippen LogP) is 6.12. The van der Waals surface area contributed by atoms with Gasteiger partial charge in [-0.25, -0.2) is 9.59 Å². The molecule has 0 unspecified atom stereocenters. The van der Waals surface area contributed by atoms with E-state index in [1.165, 1.54) is 0 Å². The number of hydrogen-bond donors (Lipinski definition) is 1. The van der Waals surface area contributed by atoms with E-state index in [1.54, 1.807) is 29.0 Å². The second-order valence-corrected chi connectivity index (χ2v) is 14.5. The van der Waals surface area contributed by atoms with Gasteiger partial charge in [0.05, 0.1) is 11.6 Å². The van der Waals surface area contributed by atoms with E-state index in [2.05, 4.69) is 6.07 Å². The molecular formula is C40H47N3O9. The molecule has 1 saturated heterocycles. The zero-order chi connectivity index (χ0) is 37.0. The van der Waals surface area contributed by atoms with E-state index in [0.717, 1.165) is 29.5 Å². The van der Waals surface area contributed by atoms with Crippen LogP contribution >= 0.6 is 0 Å². The minimum absolute atomic E-state index is 0.00144. The summed E-state index contributed by atoms with van der Waals surface area (Å²) in [6, 6.07) is 20.9. The number of anilines is 2. The largest absolute Gasteiger partial charge is 0.482 e. The Labute approximate surface area is 304 Å². The molecule has 3 aromatic rings. The summed E-state index contributed by atoms with van der Waals surface area (Å²) in [5.74, 6) is -0.996. The summed E-state index contributed by atoms with van der Waals surface area (Å²) in [6.45, 7) is 6.62. The fourth-order valence-electron chi connectivity index (χ4n) is 6.91. The Morgan fingerprint density at radius 1 is 0.981 bits per heavy atom. The molecule has 0 aromatic heterocycles. The number of ether oxygens (including phenoxy) is 4. The van der Waals surface area contributed by atoms with Gasteiger partial charge in [0, 0.05) is 45.1 Å². The topological polar surface area (TPSA) is 135 Å². The number of rotatable bonds is 12. The molecule has 6 rings (SSSR count). The summed E-state index contributed by atoms with van der Waals surface area (Å²) >= 11 is 0. The van der Waals surface area contributed by atoms with Gasteiger partial charge in [-0.3, -0.25) is 9.59 Å². The maximum atomic E-state index is 15.0. The number of methoxy groups -OCH3 is 1. The lowest BCUT2D eigenvalue weighted by atomic mass is 9.78. The molecule has 52 heavy (non-hydrogen) atoms. The fourth-order valence-corrected chi connectivity index (χ4v) is 6.91. The van der Waals surface area contributed by atoms with Crippen molar-refractivity contribution in [1.29, 1.82) is 0 Å². The fraction of sp³-hybridized carbons (Fsp3) is 0.450. The number of benzene rings is 3. The van der Waals surface area contributed by atoms with Crippen LogP contribution in [0.3, 0.4) is 0 Å². The molecule has 3 aliphatic rings. The van der Waals surface area contributed by atoms with Gasteiger partial charge in [0.2, 0.25) is 5.91 Å². The molecule has 0 spiro atoms. The molecule has 2 aliphatic heterocycles. The predicted molar refractivity (Wildman–Crippen MR) is 195 cm³/mol. The summed E-state index contributed by atoms with van der Waals surface area (Å²) < 4.78 is 22.1. The van der Waals surface area contributed by atoms with Gasteiger partial charge in [-0.1, -0.05) is 36.4 Å². The van der Waals surface area contributed by atoms with Crippen molar-refractivity contribution in [3.05, 3.63) is 72.3 Å². The summed E-state index contributed by atoms with van der Waals surface area (Å²) in [4.78, 5) is 57.5. The number of carboxylic acids is 1. The molecule has 12 heteroatoms. The minimum atomic E-state index is -1.05. The highest BCUT2D eigenvalue weighted by Crippen LogP contribution is 2.43. The average Bonchev–Trinajstić information content (AvgIpc) is 3.96. The SMILES string of the molecule is COCCCN1C(=O)COc2ccc(N(C(=O)[C@H]3CN(C(=O)OC(C)(C)C)CC[C@@H]3c3cccc(-c4ccc(OCC(=O)O)cc4)c3)C3CC3)cc21. The number of amides is 3. The summed E-state index contributed by atoms with van der Waals surface area (Å²) in [6.07, 6.45) is 2.47. The van der Waals surface area contributed by atoms with Crippen molar-refractivity contribution in [3.8, 4) is 22.6 Å². The molecule has 12 nitrogen and oxygen atoms in total. The Morgan fingerprint density at radius 3 is 2.44 bits per heavy atom. The van der Waals surface area contributed by atoms with Gasteiger partial charge >= 0.3 is 12.1 Å². The number of hydrogen-bond acceptors (Lipinski definition) is 8. The second-order valence-electron chi connectivity index (χ2n) is 14.5. The zero-order valence-electron chi connectivity index (χ0n) is 30.2. The smallest absolute Gasteiger partial charge is 0.410 e. The number of carbonyl (C=O) groups is 4. The molecule has 2 fully saturated rings. The first kappa shape index (κ1) is 36.7. The van der Waals surface area contributed by atoms with Crippen molar-refractivity contribution in [2.45, 2.75) is 64.0 Å². The highest BCUT2D eigenvalue weighted by Gasteiger charge is 2.44. The van der Waals surface area contributed by atoms with Crippen LogP contribution in [0.2, 0.25) is 0 Å². The normalized spacial score (nSPS) is 18.7. The molecular weight excluding hydrogens is 666 g/mol. The number of carbonyl (C=O) groups excluding carboxylic acids is 3. The van der Waals surface area contributed by atoms with E-state index in [-0.39, 0.29) is 36.9 Å². The number of likely N-dealkylation sites (tertiary alicyclic amines) is 1. The van der Waals surface area contributed by atoms with E-state index in [1.807, 2.05) is 74.2 Å². The molecule has 1 saturated carbocycles. The maximum Gasteiger partial charge on any atom is 0.410 e. The molecule has 1 aliphatic carbocycles. The second kappa shape index (κ2) is 15.6. The Kier molecular flexibility index (Phi) is 11.0. The highest BCUT2D eigenvalue weighted by atomic mass is 16.6. The average molecular weight is 714 g/mol. The van der Waals surface area contributed by atoms with Gasteiger partial charge in [-0.05, 0) is 99.4 Å². The van der Waals surface area contributed by atoms with Crippen LogP contribution in [-0.2, 0) is 23.9 Å². The third kappa shape index (κ3) is 8.67. The van der Waals surface area contributed by atoms with Crippen LogP contribution in [0.5, 0.6) is 11.5 Å². The quantitative estimate of drug-likeness (QED) is 0.221. The van der Waals surface area contributed by atoms with Gasteiger partial charge < -0.3 is 38.8 Å². The number of aliphatic carboxylic acids is 1. The Bertz CT molecular complexity index is 1780. The summed E-state index contributed by atoms with van der Waals surface area (Å²) in [7, 11) is 1.63. The van der Waals surface area contributed by atoms with E-state index in [9.17, 15) is 14.4 Å². The first-order chi connectivity index (χ1) is 24.9. The third-order valence-electron chi connectivity index (χ3n) is 9.49. The molecule has 1 N–H and O–H groups in total. The molecule has 0 bridgehead atoms. The van der Waals surface area contributed by atoms with Gasteiger partial charge in [0.25, 0.3) is 5.91 Å².